The Balaban J connectivity index is 2.45. The van der Waals surface area contributed by atoms with E-state index in [0.29, 0.717) is 11.7 Å². The highest BCUT2D eigenvalue weighted by molar-refractivity contribution is 7.80. The van der Waals surface area contributed by atoms with Gasteiger partial charge in [0, 0.05) is 25.2 Å². The molecule has 0 radical (unpaired) electrons. The second-order valence-corrected chi connectivity index (χ2v) is 6.04. The molecule has 2 aromatic rings. The summed E-state index contributed by atoms with van der Waals surface area (Å²) in [6.07, 6.45) is 0. The van der Waals surface area contributed by atoms with Crippen LogP contribution >= 0.6 is 12.2 Å². The third-order valence-electron chi connectivity index (χ3n) is 4.22. The Labute approximate surface area is 162 Å². The van der Waals surface area contributed by atoms with Gasteiger partial charge in [-0.3, -0.25) is 0 Å². The van der Waals surface area contributed by atoms with Gasteiger partial charge in [-0.15, -0.1) is 0 Å². The van der Waals surface area contributed by atoms with Gasteiger partial charge in [-0.05, 0) is 45.1 Å². The molecule has 0 amide bonds. The van der Waals surface area contributed by atoms with Crippen LogP contribution in [0, 0.1) is 0 Å². The Hall–Kier alpha value is -2.40. The highest BCUT2D eigenvalue weighted by Gasteiger charge is 2.17. The molecule has 0 fully saturated rings. The second kappa shape index (κ2) is 9.92. The first kappa shape index (κ1) is 19.9. The lowest BCUT2D eigenvalue weighted by atomic mass is 10.2. The molecule has 0 saturated carbocycles. The number of ether oxygens (including phenoxy) is 1. The van der Waals surface area contributed by atoms with Gasteiger partial charge in [0.05, 0.1) is 12.8 Å². The van der Waals surface area contributed by atoms with E-state index >= 15 is 0 Å². The summed E-state index contributed by atoms with van der Waals surface area (Å²) in [7, 11) is 1.67. The van der Waals surface area contributed by atoms with Crippen LogP contribution in [0.4, 0.5) is 5.69 Å². The monoisotopic (exact) mass is 369 g/mol. The molecule has 0 bridgehead atoms. The minimum atomic E-state index is 0.530. The number of amidine groups is 1. The lowest BCUT2D eigenvalue weighted by molar-refractivity contribution is 0.415. The molecule has 0 heterocycles. The Morgan fingerprint density at radius 3 is 2.12 bits per heavy atom. The van der Waals surface area contributed by atoms with E-state index in [4.69, 9.17) is 21.9 Å². The molecule has 0 aliphatic carbocycles. The fraction of sp³-hybridized carbons (Fsp3) is 0.333. The highest BCUT2D eigenvalue weighted by Crippen LogP contribution is 2.28. The number of aliphatic imine (C=N–C) groups is 1. The van der Waals surface area contributed by atoms with Gasteiger partial charge >= 0.3 is 0 Å². The summed E-state index contributed by atoms with van der Waals surface area (Å²) >= 11 is 5.71. The van der Waals surface area contributed by atoms with Crippen LogP contribution in [0.3, 0.4) is 0 Å². The third kappa shape index (κ3) is 4.61. The Kier molecular flexibility index (Phi) is 7.60. The summed E-state index contributed by atoms with van der Waals surface area (Å²) in [5.74, 6) is 1.69. The quantitative estimate of drug-likeness (QED) is 0.423. The Bertz CT molecular complexity index is 742. The van der Waals surface area contributed by atoms with E-state index in [1.54, 1.807) is 7.11 Å². The predicted octanol–water partition coefficient (Wildman–Crippen LogP) is 4.60. The number of rotatable bonds is 6. The maximum absolute atomic E-state index is 5.71. The van der Waals surface area contributed by atoms with Gasteiger partial charge in [0.15, 0.2) is 0 Å². The van der Waals surface area contributed by atoms with Crippen LogP contribution in [0.5, 0.6) is 5.75 Å². The van der Waals surface area contributed by atoms with Gasteiger partial charge in [0.25, 0.3) is 0 Å². The lowest BCUT2D eigenvalue weighted by Gasteiger charge is -2.27. The van der Waals surface area contributed by atoms with E-state index in [-0.39, 0.29) is 0 Å². The molecule has 0 saturated heterocycles. The summed E-state index contributed by atoms with van der Waals surface area (Å²) in [4.78, 5) is 9.08. The highest BCUT2D eigenvalue weighted by atomic mass is 32.1. The van der Waals surface area contributed by atoms with Crippen molar-refractivity contribution in [3.8, 4) is 5.75 Å². The molecule has 5 heteroatoms. The van der Waals surface area contributed by atoms with Crippen LogP contribution in [0.2, 0.25) is 0 Å². The number of para-hydroxylation sites is 2. The average molecular weight is 370 g/mol. The van der Waals surface area contributed by atoms with Crippen LogP contribution in [-0.4, -0.2) is 42.6 Å². The van der Waals surface area contributed by atoms with Crippen molar-refractivity contribution >= 4 is 28.9 Å². The van der Waals surface area contributed by atoms with Gasteiger partial charge < -0.3 is 14.5 Å². The lowest BCUT2D eigenvalue weighted by Crippen LogP contribution is -2.35. The summed E-state index contributed by atoms with van der Waals surface area (Å²) in [5, 5.41) is 0.530. The molecule has 0 unspecified atom stereocenters. The van der Waals surface area contributed by atoms with Crippen molar-refractivity contribution in [1.29, 1.82) is 0 Å². The zero-order valence-electron chi connectivity index (χ0n) is 16.0. The zero-order valence-corrected chi connectivity index (χ0v) is 16.8. The Morgan fingerprint density at radius 1 is 0.923 bits per heavy atom. The van der Waals surface area contributed by atoms with E-state index in [0.717, 1.165) is 35.9 Å². The van der Waals surface area contributed by atoms with Gasteiger partial charge in [-0.25, -0.2) is 4.99 Å². The van der Waals surface area contributed by atoms with Crippen molar-refractivity contribution < 1.29 is 4.74 Å². The molecule has 2 rings (SSSR count). The van der Waals surface area contributed by atoms with E-state index in [2.05, 4.69) is 37.8 Å². The minimum absolute atomic E-state index is 0.530. The van der Waals surface area contributed by atoms with E-state index in [1.165, 1.54) is 0 Å². The number of methoxy groups -OCH3 is 1. The van der Waals surface area contributed by atoms with Crippen molar-refractivity contribution in [2.75, 3.05) is 31.6 Å². The van der Waals surface area contributed by atoms with Crippen LogP contribution < -0.4 is 9.64 Å². The number of hydrogen-bond acceptors (Lipinski definition) is 2. The number of thiocarbonyl (C=S) groups is 1. The zero-order chi connectivity index (χ0) is 18.9. The van der Waals surface area contributed by atoms with Gasteiger partial charge in [-0.2, -0.15) is 0 Å². The standard InChI is InChI=1S/C21H27N3OS/c1-5-23(6-2)20(17-13-9-8-10-14-17)22-21(26)24(7-3)18-15-11-12-16-19(18)25-4/h8-16H,5-7H2,1-4H3. The second-order valence-electron chi connectivity index (χ2n) is 5.67. The van der Waals surface area contributed by atoms with Crippen molar-refractivity contribution in [3.05, 3.63) is 60.2 Å². The SMILES string of the molecule is CCN(CC)C(=NC(=S)N(CC)c1ccccc1OC)c1ccccc1. The predicted molar refractivity (Wildman–Crippen MR) is 115 cm³/mol. The van der Waals surface area contributed by atoms with Crippen molar-refractivity contribution in [2.45, 2.75) is 20.8 Å². The molecule has 0 aliphatic rings. The molecule has 0 N–H and O–H groups in total. The molecule has 4 nitrogen and oxygen atoms in total. The van der Waals surface area contributed by atoms with Crippen molar-refractivity contribution in [2.24, 2.45) is 4.99 Å². The van der Waals surface area contributed by atoms with Crippen LogP contribution in [0.15, 0.2) is 59.6 Å². The maximum Gasteiger partial charge on any atom is 0.202 e. The fourth-order valence-electron chi connectivity index (χ4n) is 2.84. The number of nitrogens with zero attached hydrogens (tertiary/aromatic N) is 3. The smallest absolute Gasteiger partial charge is 0.202 e. The van der Waals surface area contributed by atoms with Crippen LogP contribution in [-0.2, 0) is 0 Å². The van der Waals surface area contributed by atoms with Gasteiger partial charge in [0.2, 0.25) is 5.11 Å². The summed E-state index contributed by atoms with van der Waals surface area (Å²) < 4.78 is 5.50. The third-order valence-corrected chi connectivity index (χ3v) is 4.53. The van der Waals surface area contributed by atoms with Crippen molar-refractivity contribution in [3.63, 3.8) is 0 Å². The van der Waals surface area contributed by atoms with Crippen LogP contribution in [0.25, 0.3) is 0 Å². The molecule has 2 aromatic carbocycles. The first-order valence-electron chi connectivity index (χ1n) is 8.99. The Morgan fingerprint density at radius 2 is 1.54 bits per heavy atom. The first-order chi connectivity index (χ1) is 12.7. The van der Waals surface area contributed by atoms with Crippen molar-refractivity contribution in [1.82, 2.24) is 4.90 Å². The molecule has 0 atom stereocenters. The molecule has 0 spiro atoms. The van der Waals surface area contributed by atoms with E-state index < -0.39 is 0 Å². The molecule has 0 aromatic heterocycles. The molecular formula is C21H27N3OS. The van der Waals surface area contributed by atoms with E-state index in [9.17, 15) is 0 Å². The summed E-state index contributed by atoms with van der Waals surface area (Å²) in [6, 6.07) is 18.1. The molecular weight excluding hydrogens is 342 g/mol. The van der Waals surface area contributed by atoms with E-state index in [1.807, 2.05) is 47.4 Å². The summed E-state index contributed by atoms with van der Waals surface area (Å²) in [5.41, 5.74) is 1.99. The normalized spacial score (nSPS) is 11.2. The molecule has 138 valence electrons. The number of anilines is 1. The van der Waals surface area contributed by atoms with Gasteiger partial charge in [-0.1, -0.05) is 42.5 Å². The topological polar surface area (TPSA) is 28.1 Å². The molecule has 0 aliphatic heterocycles. The maximum atomic E-state index is 5.71. The largest absolute Gasteiger partial charge is 0.495 e. The summed E-state index contributed by atoms with van der Waals surface area (Å²) in [6.45, 7) is 8.77. The minimum Gasteiger partial charge on any atom is -0.495 e. The average Bonchev–Trinajstić information content (AvgIpc) is 2.69. The number of benzene rings is 2. The first-order valence-corrected chi connectivity index (χ1v) is 9.40. The number of hydrogen-bond donors (Lipinski definition) is 0. The van der Waals surface area contributed by atoms with Gasteiger partial charge in [0.1, 0.15) is 11.6 Å². The van der Waals surface area contributed by atoms with Crippen LogP contribution in [0.1, 0.15) is 26.3 Å². The fourth-order valence-corrected chi connectivity index (χ4v) is 3.15. The molecule has 26 heavy (non-hydrogen) atoms.